The fourth-order valence-corrected chi connectivity index (χ4v) is 2.13. The van der Waals surface area contributed by atoms with Gasteiger partial charge in [0.15, 0.2) is 0 Å². The predicted octanol–water partition coefficient (Wildman–Crippen LogP) is 4.04. The highest BCUT2D eigenvalue weighted by Crippen LogP contribution is 2.30. The highest BCUT2D eigenvalue weighted by atomic mass is 35.5. The van der Waals surface area contributed by atoms with Gasteiger partial charge in [0.1, 0.15) is 12.4 Å². The third-order valence-electron chi connectivity index (χ3n) is 3.12. The third kappa shape index (κ3) is 3.32. The van der Waals surface area contributed by atoms with E-state index in [-0.39, 0.29) is 28.8 Å². The van der Waals surface area contributed by atoms with E-state index < -0.39 is 9.85 Å². The van der Waals surface area contributed by atoms with Crippen LogP contribution in [0.1, 0.15) is 11.1 Å². The molecule has 0 aliphatic rings. The van der Waals surface area contributed by atoms with E-state index in [1.54, 1.807) is 19.1 Å². The van der Waals surface area contributed by atoms with Crippen molar-refractivity contribution in [3.05, 3.63) is 72.8 Å². The van der Waals surface area contributed by atoms with Gasteiger partial charge in [-0.15, -0.1) is 0 Å². The molecule has 0 heterocycles. The van der Waals surface area contributed by atoms with Crippen LogP contribution in [0.2, 0.25) is 5.02 Å². The summed E-state index contributed by atoms with van der Waals surface area (Å²) in [4.78, 5) is 20.5. The molecule has 0 atom stereocenters. The molecule has 0 N–H and O–H groups in total. The van der Waals surface area contributed by atoms with Gasteiger partial charge in [-0.25, -0.2) is 0 Å². The van der Waals surface area contributed by atoms with E-state index in [0.29, 0.717) is 11.1 Å². The van der Waals surface area contributed by atoms with Gasteiger partial charge in [0, 0.05) is 23.8 Å². The van der Waals surface area contributed by atoms with Gasteiger partial charge < -0.3 is 4.74 Å². The lowest BCUT2D eigenvalue weighted by molar-refractivity contribution is -0.385. The molecule has 0 spiro atoms. The molecule has 8 heteroatoms. The summed E-state index contributed by atoms with van der Waals surface area (Å²) in [6.45, 7) is 1.71. The van der Waals surface area contributed by atoms with Crippen LogP contribution in [-0.2, 0) is 6.61 Å². The third-order valence-corrected chi connectivity index (χ3v) is 3.42. The SMILES string of the molecule is Cc1c(COc2ccc([N+](=O)[O-])cc2Cl)cccc1[N+](=O)[O-]. The number of nitro groups is 2. The maximum Gasteiger partial charge on any atom is 0.272 e. The number of rotatable bonds is 5. The second kappa shape index (κ2) is 6.40. The van der Waals surface area contributed by atoms with Gasteiger partial charge in [-0.05, 0) is 18.6 Å². The van der Waals surface area contributed by atoms with Crippen LogP contribution in [-0.4, -0.2) is 9.85 Å². The molecule has 2 rings (SSSR count). The van der Waals surface area contributed by atoms with E-state index in [9.17, 15) is 20.2 Å². The first-order valence-corrected chi connectivity index (χ1v) is 6.57. The Hall–Kier alpha value is -2.67. The molecule has 114 valence electrons. The molecule has 0 aromatic heterocycles. The molecule has 0 bridgehead atoms. The molecule has 0 radical (unpaired) electrons. The maximum absolute atomic E-state index is 10.9. The van der Waals surface area contributed by atoms with Crippen molar-refractivity contribution in [1.29, 1.82) is 0 Å². The Bertz CT molecular complexity index is 748. The van der Waals surface area contributed by atoms with Crippen LogP contribution in [0.5, 0.6) is 5.75 Å². The summed E-state index contributed by atoms with van der Waals surface area (Å²) in [6.07, 6.45) is 0. The maximum atomic E-state index is 10.9. The van der Waals surface area contributed by atoms with Crippen LogP contribution in [0.4, 0.5) is 11.4 Å². The zero-order chi connectivity index (χ0) is 16.3. The number of halogens is 1. The predicted molar refractivity (Wildman–Crippen MR) is 80.3 cm³/mol. The summed E-state index contributed by atoms with van der Waals surface area (Å²) in [6, 6.07) is 8.56. The van der Waals surface area contributed by atoms with Gasteiger partial charge in [-0.3, -0.25) is 20.2 Å². The number of hydrogen-bond donors (Lipinski definition) is 0. The standard InChI is InChI=1S/C14H11ClN2O5/c1-9-10(3-2-4-13(9)17(20)21)8-22-14-6-5-11(16(18)19)7-12(14)15/h2-7H,8H2,1H3. The van der Waals surface area contributed by atoms with Crippen molar-refractivity contribution >= 4 is 23.0 Å². The summed E-state index contributed by atoms with van der Waals surface area (Å²) in [7, 11) is 0. The fourth-order valence-electron chi connectivity index (χ4n) is 1.90. The highest BCUT2D eigenvalue weighted by molar-refractivity contribution is 6.32. The number of benzene rings is 2. The molecule has 2 aromatic carbocycles. The van der Waals surface area contributed by atoms with Crippen molar-refractivity contribution in [3.63, 3.8) is 0 Å². The van der Waals surface area contributed by atoms with Crippen LogP contribution in [0.15, 0.2) is 36.4 Å². The lowest BCUT2D eigenvalue weighted by Gasteiger charge is -2.10. The minimum absolute atomic E-state index is 0.0101. The molecule has 0 amide bonds. The number of nitrogens with zero attached hydrogens (tertiary/aromatic N) is 2. The molecule has 0 saturated carbocycles. The van der Waals surface area contributed by atoms with Gasteiger partial charge in [-0.1, -0.05) is 23.7 Å². The van der Waals surface area contributed by atoms with Crippen molar-refractivity contribution < 1.29 is 14.6 Å². The van der Waals surface area contributed by atoms with E-state index in [0.717, 1.165) is 0 Å². The van der Waals surface area contributed by atoms with Crippen molar-refractivity contribution in [2.45, 2.75) is 13.5 Å². The van der Waals surface area contributed by atoms with E-state index in [1.165, 1.54) is 24.3 Å². The molecule has 22 heavy (non-hydrogen) atoms. The Labute approximate surface area is 130 Å². The molecule has 0 fully saturated rings. The molecule has 0 unspecified atom stereocenters. The normalized spacial score (nSPS) is 10.3. The van der Waals surface area contributed by atoms with Crippen molar-refractivity contribution in [1.82, 2.24) is 0 Å². The Morgan fingerprint density at radius 2 is 1.86 bits per heavy atom. The smallest absolute Gasteiger partial charge is 0.272 e. The van der Waals surface area contributed by atoms with Gasteiger partial charge in [-0.2, -0.15) is 0 Å². The lowest BCUT2D eigenvalue weighted by Crippen LogP contribution is -2.01. The Morgan fingerprint density at radius 3 is 2.45 bits per heavy atom. The second-order valence-electron chi connectivity index (χ2n) is 4.48. The van der Waals surface area contributed by atoms with Gasteiger partial charge in [0.05, 0.1) is 14.9 Å². The number of non-ortho nitro benzene ring substituents is 1. The van der Waals surface area contributed by atoms with Crippen molar-refractivity contribution in [2.75, 3.05) is 0 Å². The van der Waals surface area contributed by atoms with Gasteiger partial charge in [0.2, 0.25) is 0 Å². The van der Waals surface area contributed by atoms with Crippen LogP contribution in [0.3, 0.4) is 0 Å². The summed E-state index contributed by atoms with van der Waals surface area (Å²) >= 11 is 5.92. The molecule has 0 aliphatic heterocycles. The fraction of sp³-hybridized carbons (Fsp3) is 0.143. The first kappa shape index (κ1) is 15.7. The average Bonchev–Trinajstić information content (AvgIpc) is 2.46. The zero-order valence-electron chi connectivity index (χ0n) is 11.5. The van der Waals surface area contributed by atoms with E-state index in [1.807, 2.05) is 0 Å². The topological polar surface area (TPSA) is 95.5 Å². The highest BCUT2D eigenvalue weighted by Gasteiger charge is 2.15. The average molecular weight is 323 g/mol. The second-order valence-corrected chi connectivity index (χ2v) is 4.89. The summed E-state index contributed by atoms with van der Waals surface area (Å²) < 4.78 is 5.50. The number of nitro benzene ring substituents is 2. The lowest BCUT2D eigenvalue weighted by atomic mass is 10.1. The van der Waals surface area contributed by atoms with Crippen LogP contribution in [0, 0.1) is 27.2 Å². The quantitative estimate of drug-likeness (QED) is 0.611. The Balaban J connectivity index is 2.19. The molecular weight excluding hydrogens is 312 g/mol. The van der Waals surface area contributed by atoms with E-state index in [4.69, 9.17) is 16.3 Å². The molecular formula is C14H11ClN2O5. The summed E-state index contributed by atoms with van der Waals surface area (Å²) in [5, 5.41) is 21.6. The van der Waals surface area contributed by atoms with Gasteiger partial charge in [0.25, 0.3) is 11.4 Å². The van der Waals surface area contributed by atoms with Gasteiger partial charge >= 0.3 is 0 Å². The minimum atomic E-state index is -0.555. The summed E-state index contributed by atoms with van der Waals surface area (Å²) in [5.74, 6) is 0.276. The zero-order valence-corrected chi connectivity index (χ0v) is 12.2. The molecule has 7 nitrogen and oxygen atoms in total. The number of hydrogen-bond acceptors (Lipinski definition) is 5. The first-order valence-electron chi connectivity index (χ1n) is 6.19. The van der Waals surface area contributed by atoms with Crippen molar-refractivity contribution in [3.8, 4) is 5.75 Å². The largest absolute Gasteiger partial charge is 0.487 e. The first-order chi connectivity index (χ1) is 10.4. The van der Waals surface area contributed by atoms with Crippen molar-refractivity contribution in [2.24, 2.45) is 0 Å². The monoisotopic (exact) mass is 322 g/mol. The van der Waals surface area contributed by atoms with Crippen LogP contribution >= 0.6 is 11.6 Å². The van der Waals surface area contributed by atoms with E-state index in [2.05, 4.69) is 0 Å². The minimum Gasteiger partial charge on any atom is -0.487 e. The summed E-state index contributed by atoms with van der Waals surface area (Å²) in [5.41, 5.74) is 1.02. The molecule has 0 aliphatic carbocycles. The van der Waals surface area contributed by atoms with E-state index >= 15 is 0 Å². The van der Waals surface area contributed by atoms with Crippen LogP contribution in [0.25, 0.3) is 0 Å². The number of ether oxygens (including phenoxy) is 1. The Morgan fingerprint density at radius 1 is 1.14 bits per heavy atom. The molecule has 0 saturated heterocycles. The molecule has 2 aromatic rings. The Kier molecular flexibility index (Phi) is 4.57. The van der Waals surface area contributed by atoms with Crippen LogP contribution < -0.4 is 4.74 Å².